The molecule has 1 amide bonds. The summed E-state index contributed by atoms with van der Waals surface area (Å²) in [5.41, 5.74) is 1.05. The fourth-order valence-electron chi connectivity index (χ4n) is 1.55. The summed E-state index contributed by atoms with van der Waals surface area (Å²) in [7, 11) is 0. The first-order chi connectivity index (χ1) is 7.36. The Balaban J connectivity index is 2.76. The molecule has 0 aliphatic rings. The number of carbonyl (C=O) groups excluding carboxylic acids is 1. The zero-order valence-corrected chi connectivity index (χ0v) is 7.81. The maximum atomic E-state index is 10.5. The molecule has 2 aromatic carbocycles. The van der Waals surface area contributed by atoms with Gasteiger partial charge in [-0.3, -0.25) is 4.79 Å². The van der Waals surface area contributed by atoms with Crippen molar-refractivity contribution in [3.05, 3.63) is 41.3 Å². The number of hydrogen-bond acceptors (Lipinski definition) is 3. The van der Waals surface area contributed by atoms with E-state index in [1.807, 2.05) is 18.2 Å². The van der Waals surface area contributed by atoms with Gasteiger partial charge in [-0.25, -0.2) is 0 Å². The second kappa shape index (κ2) is 3.88. The second-order valence-electron chi connectivity index (χ2n) is 3.03. The number of fused-ring (bicyclic) bond motifs is 1. The summed E-state index contributed by atoms with van der Waals surface area (Å²) < 4.78 is 0. The molecule has 74 valence electrons. The summed E-state index contributed by atoms with van der Waals surface area (Å²) in [6, 6.07) is 10.5. The van der Waals surface area contributed by atoms with Crippen molar-refractivity contribution in [2.24, 2.45) is 5.18 Å². The van der Waals surface area contributed by atoms with Gasteiger partial charge in [0.2, 0.25) is 6.41 Å². The Labute approximate surface area is 85.9 Å². The molecule has 2 aromatic rings. The van der Waals surface area contributed by atoms with E-state index in [-0.39, 0.29) is 0 Å². The lowest BCUT2D eigenvalue weighted by Gasteiger charge is -2.05. The third kappa shape index (κ3) is 1.57. The molecule has 0 aliphatic heterocycles. The maximum Gasteiger partial charge on any atom is 0.211 e. The lowest BCUT2D eigenvalue weighted by Crippen LogP contribution is -1.94. The summed E-state index contributed by atoms with van der Waals surface area (Å²) in [5, 5.41) is 7.05. The molecule has 2 rings (SSSR count). The Morgan fingerprint density at radius 1 is 1.07 bits per heavy atom. The van der Waals surface area contributed by atoms with Gasteiger partial charge in [0, 0.05) is 16.5 Å². The van der Waals surface area contributed by atoms with Crippen LogP contribution < -0.4 is 5.32 Å². The van der Waals surface area contributed by atoms with E-state index in [9.17, 15) is 9.70 Å². The predicted molar refractivity (Wildman–Crippen MR) is 59.1 cm³/mol. The number of anilines is 1. The Morgan fingerprint density at radius 3 is 2.47 bits per heavy atom. The van der Waals surface area contributed by atoms with Crippen LogP contribution in [0, 0.1) is 4.91 Å². The third-order valence-corrected chi connectivity index (χ3v) is 2.21. The minimum absolute atomic E-state index is 0.377. The average Bonchev–Trinajstić information content (AvgIpc) is 2.30. The molecule has 0 radical (unpaired) electrons. The predicted octanol–water partition coefficient (Wildman–Crippen LogP) is 2.81. The van der Waals surface area contributed by atoms with Crippen molar-refractivity contribution in [3.63, 3.8) is 0 Å². The minimum atomic E-state index is 0.377. The molecule has 15 heavy (non-hydrogen) atoms. The van der Waals surface area contributed by atoms with E-state index >= 15 is 0 Å². The topological polar surface area (TPSA) is 58.5 Å². The summed E-state index contributed by atoms with van der Waals surface area (Å²) in [4.78, 5) is 20.9. The molecule has 0 saturated carbocycles. The SMILES string of the molecule is O=CNc1ccc(N=O)c2ccccc12. The maximum absolute atomic E-state index is 10.5. The molecule has 0 atom stereocenters. The van der Waals surface area contributed by atoms with E-state index < -0.39 is 0 Å². The number of nitroso groups, excluding NO2 is 1. The Bertz CT molecular complexity index is 523. The smallest absolute Gasteiger partial charge is 0.211 e. The van der Waals surface area contributed by atoms with Crippen molar-refractivity contribution in [2.45, 2.75) is 0 Å². The third-order valence-electron chi connectivity index (χ3n) is 2.21. The highest BCUT2D eigenvalue weighted by Crippen LogP contribution is 2.31. The molecular formula is C11H8N2O2. The summed E-state index contributed by atoms with van der Waals surface area (Å²) in [6.07, 6.45) is 0.607. The van der Waals surface area contributed by atoms with Crippen molar-refractivity contribution < 1.29 is 4.79 Å². The van der Waals surface area contributed by atoms with Gasteiger partial charge in [-0.1, -0.05) is 24.3 Å². The van der Waals surface area contributed by atoms with E-state index in [0.717, 1.165) is 10.8 Å². The zero-order valence-electron chi connectivity index (χ0n) is 7.81. The fourth-order valence-corrected chi connectivity index (χ4v) is 1.55. The molecule has 0 saturated heterocycles. The number of carbonyl (C=O) groups is 1. The van der Waals surface area contributed by atoms with Gasteiger partial charge < -0.3 is 5.32 Å². The first-order valence-electron chi connectivity index (χ1n) is 4.42. The van der Waals surface area contributed by atoms with Crippen LogP contribution in [0.5, 0.6) is 0 Å². The average molecular weight is 200 g/mol. The quantitative estimate of drug-likeness (QED) is 0.611. The first kappa shape index (κ1) is 9.33. The molecule has 1 N–H and O–H groups in total. The van der Waals surface area contributed by atoms with Crippen LogP contribution in [-0.2, 0) is 4.79 Å². The van der Waals surface area contributed by atoms with Gasteiger partial charge in [-0.05, 0) is 17.3 Å². The fraction of sp³-hybridized carbons (Fsp3) is 0. The number of hydrogen-bond donors (Lipinski definition) is 1. The molecule has 0 bridgehead atoms. The van der Waals surface area contributed by atoms with Crippen molar-refractivity contribution in [3.8, 4) is 0 Å². The largest absolute Gasteiger partial charge is 0.328 e. The summed E-state index contributed by atoms with van der Waals surface area (Å²) >= 11 is 0. The molecule has 0 heterocycles. The van der Waals surface area contributed by atoms with Gasteiger partial charge in [-0.2, -0.15) is 0 Å². The second-order valence-corrected chi connectivity index (χ2v) is 3.03. The molecule has 4 nitrogen and oxygen atoms in total. The van der Waals surface area contributed by atoms with E-state index in [0.29, 0.717) is 17.8 Å². The molecular weight excluding hydrogens is 192 g/mol. The van der Waals surface area contributed by atoms with Crippen LogP contribution in [0.3, 0.4) is 0 Å². The van der Waals surface area contributed by atoms with Crippen molar-refractivity contribution in [1.82, 2.24) is 0 Å². The monoisotopic (exact) mass is 200 g/mol. The molecule has 0 unspecified atom stereocenters. The van der Waals surface area contributed by atoms with Gasteiger partial charge in [-0.15, -0.1) is 4.91 Å². The Hall–Kier alpha value is -2.23. The molecule has 0 spiro atoms. The highest BCUT2D eigenvalue weighted by atomic mass is 16.3. The first-order valence-corrected chi connectivity index (χ1v) is 4.42. The van der Waals surface area contributed by atoms with Gasteiger partial charge in [0.05, 0.1) is 0 Å². The van der Waals surface area contributed by atoms with Crippen molar-refractivity contribution >= 4 is 28.6 Å². The number of rotatable bonds is 3. The van der Waals surface area contributed by atoms with E-state index in [4.69, 9.17) is 0 Å². The van der Waals surface area contributed by atoms with Crippen molar-refractivity contribution in [2.75, 3.05) is 5.32 Å². The molecule has 0 fully saturated rings. The highest BCUT2D eigenvalue weighted by Gasteiger charge is 2.04. The summed E-state index contributed by atoms with van der Waals surface area (Å²) in [5.74, 6) is 0. The van der Waals surface area contributed by atoms with E-state index in [2.05, 4.69) is 10.5 Å². The molecule has 0 aromatic heterocycles. The van der Waals surface area contributed by atoms with Crippen LogP contribution in [0.2, 0.25) is 0 Å². The molecule has 0 aliphatic carbocycles. The van der Waals surface area contributed by atoms with Crippen molar-refractivity contribution in [1.29, 1.82) is 0 Å². The van der Waals surface area contributed by atoms with Crippen LogP contribution in [0.1, 0.15) is 0 Å². The Morgan fingerprint density at radius 2 is 1.80 bits per heavy atom. The normalized spacial score (nSPS) is 9.87. The number of benzene rings is 2. The van der Waals surface area contributed by atoms with Gasteiger partial charge in [0.1, 0.15) is 5.69 Å². The Kier molecular flexibility index (Phi) is 2.41. The lowest BCUT2D eigenvalue weighted by molar-refractivity contribution is -0.105. The zero-order chi connectivity index (χ0) is 10.7. The van der Waals surface area contributed by atoms with E-state index in [1.54, 1.807) is 18.2 Å². The minimum Gasteiger partial charge on any atom is -0.328 e. The lowest BCUT2D eigenvalue weighted by atomic mass is 10.1. The number of nitrogens with zero attached hydrogens (tertiary/aromatic N) is 1. The van der Waals surface area contributed by atoms with Crippen LogP contribution >= 0.6 is 0 Å². The van der Waals surface area contributed by atoms with E-state index in [1.165, 1.54) is 0 Å². The summed E-state index contributed by atoms with van der Waals surface area (Å²) in [6.45, 7) is 0. The van der Waals surface area contributed by atoms with Gasteiger partial charge in [0.25, 0.3) is 0 Å². The van der Waals surface area contributed by atoms with Crippen LogP contribution in [0.4, 0.5) is 11.4 Å². The highest BCUT2D eigenvalue weighted by molar-refractivity contribution is 6.02. The molecule has 4 heteroatoms. The van der Waals surface area contributed by atoms with Crippen LogP contribution in [0.15, 0.2) is 41.6 Å². The number of amides is 1. The van der Waals surface area contributed by atoms with Crippen LogP contribution in [0.25, 0.3) is 10.8 Å². The van der Waals surface area contributed by atoms with Gasteiger partial charge in [0.15, 0.2) is 0 Å². The van der Waals surface area contributed by atoms with Gasteiger partial charge >= 0.3 is 0 Å². The van der Waals surface area contributed by atoms with Crippen LogP contribution in [-0.4, -0.2) is 6.41 Å². The standard InChI is InChI=1S/C11H8N2O2/c14-7-12-10-5-6-11(13-15)9-4-2-1-3-8(9)10/h1-7H,(H,12,14). The number of nitrogens with one attached hydrogen (secondary N) is 1.